The lowest BCUT2D eigenvalue weighted by Crippen LogP contribution is -2.23. The molecule has 0 radical (unpaired) electrons. The molecular weight excluding hydrogens is 297 g/mol. The van der Waals surface area contributed by atoms with Crippen LogP contribution in [0.2, 0.25) is 0 Å². The van der Waals surface area contributed by atoms with E-state index >= 15 is 0 Å². The Morgan fingerprint density at radius 2 is 1.95 bits per heavy atom. The number of carbonyl (C=O) groups excluding carboxylic acids is 1. The molecule has 1 amide bonds. The number of benzene rings is 1. The first-order valence-corrected chi connectivity index (χ1v) is 6.35. The van der Waals surface area contributed by atoms with Gasteiger partial charge in [-0.05, 0) is 18.2 Å². The first-order valence-electron chi connectivity index (χ1n) is 6.35. The molecule has 4 nitrogen and oxygen atoms in total. The lowest BCUT2D eigenvalue weighted by atomic mass is 10.2. The number of para-hydroxylation sites is 1. The number of amides is 1. The van der Waals surface area contributed by atoms with E-state index in [0.29, 0.717) is 5.75 Å². The zero-order chi connectivity index (χ0) is 16.2. The smallest absolute Gasteiger partial charge is 0.433 e. The molecule has 0 spiro atoms. The molecule has 0 saturated carbocycles. The van der Waals surface area contributed by atoms with Crippen LogP contribution in [0.15, 0.2) is 42.6 Å². The minimum Gasteiger partial charge on any atom is -0.496 e. The topological polar surface area (TPSA) is 51.2 Å². The number of halogens is 3. The number of hydrogen-bond donors (Lipinski definition) is 1. The average Bonchev–Trinajstić information content (AvgIpc) is 2.52. The molecule has 0 bridgehead atoms. The minimum absolute atomic E-state index is 0.0582. The highest BCUT2D eigenvalue weighted by Gasteiger charge is 2.32. The molecule has 0 aliphatic heterocycles. The van der Waals surface area contributed by atoms with Crippen LogP contribution in [0.4, 0.5) is 13.2 Å². The van der Waals surface area contributed by atoms with Crippen molar-refractivity contribution in [2.75, 3.05) is 7.11 Å². The Hall–Kier alpha value is -2.57. The number of carbonyl (C=O) groups is 1. The SMILES string of the molecule is COc1ccccc1CNC(=O)c1ccc(C(F)(F)F)nc1. The zero-order valence-corrected chi connectivity index (χ0v) is 11.6. The van der Waals surface area contributed by atoms with E-state index < -0.39 is 17.8 Å². The number of rotatable bonds is 4. The Balaban J connectivity index is 2.03. The van der Waals surface area contributed by atoms with Crippen molar-refractivity contribution >= 4 is 5.91 Å². The molecule has 0 unspecified atom stereocenters. The fraction of sp³-hybridized carbons (Fsp3) is 0.200. The van der Waals surface area contributed by atoms with Crippen molar-refractivity contribution in [3.63, 3.8) is 0 Å². The fourth-order valence-electron chi connectivity index (χ4n) is 1.82. The molecule has 0 aliphatic rings. The van der Waals surface area contributed by atoms with Gasteiger partial charge in [-0.25, -0.2) is 0 Å². The predicted octanol–water partition coefficient (Wildman–Crippen LogP) is 3.04. The van der Waals surface area contributed by atoms with Gasteiger partial charge in [-0.2, -0.15) is 13.2 Å². The van der Waals surface area contributed by atoms with Crippen LogP contribution >= 0.6 is 0 Å². The van der Waals surface area contributed by atoms with Gasteiger partial charge in [0.25, 0.3) is 5.91 Å². The number of pyridine rings is 1. The second kappa shape index (κ2) is 6.46. The molecule has 7 heteroatoms. The van der Waals surface area contributed by atoms with Crippen LogP contribution in [0.5, 0.6) is 5.75 Å². The van der Waals surface area contributed by atoms with Gasteiger partial charge in [-0.1, -0.05) is 18.2 Å². The first-order chi connectivity index (χ1) is 10.4. The highest BCUT2D eigenvalue weighted by molar-refractivity contribution is 5.93. The van der Waals surface area contributed by atoms with E-state index in [-0.39, 0.29) is 12.1 Å². The lowest BCUT2D eigenvalue weighted by Gasteiger charge is -2.10. The maximum atomic E-state index is 12.4. The standard InChI is InChI=1S/C15H13F3N2O2/c1-22-12-5-3-2-4-10(12)8-20-14(21)11-6-7-13(19-9-11)15(16,17)18/h2-7,9H,8H2,1H3,(H,20,21). The second-order valence-corrected chi connectivity index (χ2v) is 4.42. The first kappa shape index (κ1) is 15.8. The van der Waals surface area contributed by atoms with Crippen LogP contribution in [-0.4, -0.2) is 18.0 Å². The number of methoxy groups -OCH3 is 1. The van der Waals surface area contributed by atoms with Crippen molar-refractivity contribution in [1.82, 2.24) is 10.3 Å². The summed E-state index contributed by atoms with van der Waals surface area (Å²) in [4.78, 5) is 15.2. The van der Waals surface area contributed by atoms with Crippen LogP contribution in [0, 0.1) is 0 Å². The van der Waals surface area contributed by atoms with Crippen molar-refractivity contribution in [2.45, 2.75) is 12.7 Å². The fourth-order valence-corrected chi connectivity index (χ4v) is 1.82. The van der Waals surface area contributed by atoms with Gasteiger partial charge < -0.3 is 10.1 Å². The van der Waals surface area contributed by atoms with Crippen molar-refractivity contribution in [2.24, 2.45) is 0 Å². The Kier molecular flexibility index (Phi) is 4.65. The monoisotopic (exact) mass is 310 g/mol. The van der Waals surface area contributed by atoms with Gasteiger partial charge in [0.05, 0.1) is 12.7 Å². The van der Waals surface area contributed by atoms with E-state index in [0.717, 1.165) is 23.9 Å². The van der Waals surface area contributed by atoms with Gasteiger partial charge in [0, 0.05) is 18.3 Å². The van der Waals surface area contributed by atoms with Gasteiger partial charge in [0.15, 0.2) is 0 Å². The summed E-state index contributed by atoms with van der Waals surface area (Å²) in [6, 6.07) is 8.99. The highest BCUT2D eigenvalue weighted by Crippen LogP contribution is 2.27. The summed E-state index contributed by atoms with van der Waals surface area (Å²) in [6.45, 7) is 0.198. The van der Waals surface area contributed by atoms with Gasteiger partial charge >= 0.3 is 6.18 Å². The van der Waals surface area contributed by atoms with Gasteiger partial charge in [-0.15, -0.1) is 0 Å². The van der Waals surface area contributed by atoms with E-state index in [1.165, 1.54) is 7.11 Å². The number of nitrogens with zero attached hydrogens (tertiary/aromatic N) is 1. The van der Waals surface area contributed by atoms with E-state index in [1.54, 1.807) is 24.3 Å². The molecule has 1 N–H and O–H groups in total. The Morgan fingerprint density at radius 1 is 1.23 bits per heavy atom. The predicted molar refractivity (Wildman–Crippen MR) is 73.4 cm³/mol. The average molecular weight is 310 g/mol. The van der Waals surface area contributed by atoms with E-state index in [2.05, 4.69) is 10.3 Å². The molecule has 0 fully saturated rings. The van der Waals surface area contributed by atoms with Crippen LogP contribution < -0.4 is 10.1 Å². The summed E-state index contributed by atoms with van der Waals surface area (Å²) in [6.07, 6.45) is -3.62. The maximum Gasteiger partial charge on any atom is 0.433 e. The van der Waals surface area contributed by atoms with Gasteiger partial charge in [-0.3, -0.25) is 9.78 Å². The Bertz CT molecular complexity index is 655. The number of hydrogen-bond acceptors (Lipinski definition) is 3. The second-order valence-electron chi connectivity index (χ2n) is 4.42. The molecule has 0 atom stereocenters. The van der Waals surface area contributed by atoms with Crippen molar-refractivity contribution in [3.8, 4) is 5.75 Å². The van der Waals surface area contributed by atoms with Crippen molar-refractivity contribution in [3.05, 3.63) is 59.4 Å². The van der Waals surface area contributed by atoms with Gasteiger partial charge in [0.1, 0.15) is 11.4 Å². The zero-order valence-electron chi connectivity index (χ0n) is 11.6. The molecule has 0 aliphatic carbocycles. The summed E-state index contributed by atoms with van der Waals surface area (Å²) >= 11 is 0. The number of ether oxygens (including phenoxy) is 1. The summed E-state index contributed by atoms with van der Waals surface area (Å²) in [5.41, 5.74) is -0.213. The summed E-state index contributed by atoms with van der Waals surface area (Å²) in [5.74, 6) is 0.112. The molecule has 22 heavy (non-hydrogen) atoms. The Morgan fingerprint density at radius 3 is 2.55 bits per heavy atom. The van der Waals surface area contributed by atoms with Crippen molar-refractivity contribution in [1.29, 1.82) is 0 Å². The van der Waals surface area contributed by atoms with Crippen LogP contribution in [0.3, 0.4) is 0 Å². The van der Waals surface area contributed by atoms with E-state index in [9.17, 15) is 18.0 Å². The molecule has 2 aromatic rings. The Labute approximate surface area is 124 Å². The van der Waals surface area contributed by atoms with Crippen LogP contribution in [0.1, 0.15) is 21.6 Å². The van der Waals surface area contributed by atoms with E-state index in [1.807, 2.05) is 0 Å². The molecule has 0 saturated heterocycles. The summed E-state index contributed by atoms with van der Waals surface area (Å²) < 4.78 is 42.3. The van der Waals surface area contributed by atoms with Crippen molar-refractivity contribution < 1.29 is 22.7 Å². The molecule has 1 heterocycles. The number of nitrogens with one attached hydrogen (secondary N) is 1. The third-order valence-electron chi connectivity index (χ3n) is 2.95. The van der Waals surface area contributed by atoms with Gasteiger partial charge in [0.2, 0.25) is 0 Å². The largest absolute Gasteiger partial charge is 0.496 e. The van der Waals surface area contributed by atoms with Crippen LogP contribution in [-0.2, 0) is 12.7 Å². The molecule has 116 valence electrons. The normalized spacial score (nSPS) is 11.1. The van der Waals surface area contributed by atoms with E-state index in [4.69, 9.17) is 4.74 Å². The minimum atomic E-state index is -4.52. The number of aromatic nitrogens is 1. The summed E-state index contributed by atoms with van der Waals surface area (Å²) in [7, 11) is 1.51. The molecule has 2 rings (SSSR count). The third-order valence-corrected chi connectivity index (χ3v) is 2.95. The molecule has 1 aromatic heterocycles. The lowest BCUT2D eigenvalue weighted by molar-refractivity contribution is -0.141. The molecule has 1 aromatic carbocycles. The van der Waals surface area contributed by atoms with Crippen LogP contribution in [0.25, 0.3) is 0 Å². The highest BCUT2D eigenvalue weighted by atomic mass is 19.4. The number of alkyl halides is 3. The summed E-state index contributed by atoms with van der Waals surface area (Å²) in [5, 5.41) is 2.61. The maximum absolute atomic E-state index is 12.4. The third kappa shape index (κ3) is 3.75. The quantitative estimate of drug-likeness (QED) is 0.944. The molecular formula is C15H13F3N2O2.